The molecule has 0 spiro atoms. The maximum atomic E-state index is 13.2. The zero-order chi connectivity index (χ0) is 20.0. The molecular formula is C19H18FN5O3. The Hall–Kier alpha value is -3.49. The van der Waals surface area contributed by atoms with Crippen molar-refractivity contribution in [3.8, 4) is 11.5 Å². The molecule has 1 aliphatic carbocycles. The maximum absolute atomic E-state index is 13.2. The molecule has 8 nitrogen and oxygen atoms in total. The average Bonchev–Trinajstić information content (AvgIpc) is 3.27. The zero-order valence-corrected chi connectivity index (χ0v) is 15.3. The van der Waals surface area contributed by atoms with E-state index in [2.05, 4.69) is 15.3 Å². The summed E-state index contributed by atoms with van der Waals surface area (Å²) in [4.78, 5) is 31.7. The van der Waals surface area contributed by atoms with Crippen LogP contribution in [0.1, 0.15) is 22.5 Å². The van der Waals surface area contributed by atoms with E-state index in [9.17, 15) is 14.0 Å². The van der Waals surface area contributed by atoms with Crippen LogP contribution in [-0.2, 0) is 11.8 Å². The number of carbonyl (C=O) groups is 2. The monoisotopic (exact) mass is 383 g/mol. The normalized spacial score (nSPS) is 18.1. The molecule has 0 bridgehead atoms. The Morgan fingerprint density at radius 2 is 2.07 bits per heavy atom. The van der Waals surface area contributed by atoms with E-state index in [0.717, 1.165) is 5.52 Å². The third-order valence-electron chi connectivity index (χ3n) is 4.65. The van der Waals surface area contributed by atoms with Crippen LogP contribution in [0.5, 0.6) is 11.5 Å². The first-order valence-corrected chi connectivity index (χ1v) is 8.68. The zero-order valence-electron chi connectivity index (χ0n) is 15.3. The number of aromatic nitrogens is 3. The number of hydrogen-bond donors (Lipinski definition) is 2. The molecule has 3 aromatic rings. The molecule has 3 N–H and O–H groups in total. The first kappa shape index (κ1) is 17.9. The molecule has 2 amide bonds. The largest absolute Gasteiger partial charge is 0.455 e. The van der Waals surface area contributed by atoms with E-state index in [0.29, 0.717) is 28.3 Å². The topological polar surface area (TPSA) is 112 Å². The first-order chi connectivity index (χ1) is 13.3. The van der Waals surface area contributed by atoms with Gasteiger partial charge in [-0.25, -0.2) is 14.4 Å². The fraction of sp³-hybridized carbons (Fsp3) is 0.263. The van der Waals surface area contributed by atoms with E-state index in [1.165, 1.54) is 12.3 Å². The number of carbonyl (C=O) groups excluding carboxylic acids is 2. The van der Waals surface area contributed by atoms with E-state index < -0.39 is 18.0 Å². The van der Waals surface area contributed by atoms with Crippen LogP contribution in [0.15, 0.2) is 30.7 Å². The van der Waals surface area contributed by atoms with Crippen LogP contribution in [0.25, 0.3) is 11.0 Å². The highest BCUT2D eigenvalue weighted by atomic mass is 19.1. The number of aryl methyl sites for hydroxylation is 2. The molecule has 2 atom stereocenters. The summed E-state index contributed by atoms with van der Waals surface area (Å²) < 4.78 is 20.9. The van der Waals surface area contributed by atoms with Crippen molar-refractivity contribution in [1.82, 2.24) is 14.5 Å². The van der Waals surface area contributed by atoms with Crippen LogP contribution >= 0.6 is 0 Å². The molecule has 0 radical (unpaired) electrons. The van der Waals surface area contributed by atoms with Gasteiger partial charge in [0.05, 0.1) is 29.6 Å². The van der Waals surface area contributed by atoms with Crippen LogP contribution in [0.4, 0.5) is 10.1 Å². The van der Waals surface area contributed by atoms with Crippen LogP contribution in [0.3, 0.4) is 0 Å². The Kier molecular flexibility index (Phi) is 4.21. The molecule has 28 heavy (non-hydrogen) atoms. The van der Waals surface area contributed by atoms with Gasteiger partial charge in [0, 0.05) is 19.2 Å². The smallest absolute Gasteiger partial charge is 0.267 e. The molecule has 4 rings (SSSR count). The van der Waals surface area contributed by atoms with Crippen molar-refractivity contribution in [3.05, 3.63) is 42.0 Å². The Morgan fingerprint density at radius 3 is 2.71 bits per heavy atom. The van der Waals surface area contributed by atoms with Crippen molar-refractivity contribution in [2.24, 2.45) is 18.7 Å². The lowest BCUT2D eigenvalue weighted by Crippen LogP contribution is -2.15. The highest BCUT2D eigenvalue weighted by molar-refractivity contribution is 6.02. The van der Waals surface area contributed by atoms with Crippen molar-refractivity contribution in [2.45, 2.75) is 19.5 Å². The number of fused-ring (bicyclic) bond motifs is 1. The quantitative estimate of drug-likeness (QED) is 0.703. The minimum absolute atomic E-state index is 0.144. The predicted molar refractivity (Wildman–Crippen MR) is 99.9 cm³/mol. The number of alkyl halides is 1. The van der Waals surface area contributed by atoms with E-state index >= 15 is 0 Å². The third kappa shape index (κ3) is 3.26. The van der Waals surface area contributed by atoms with E-state index in [-0.39, 0.29) is 18.0 Å². The van der Waals surface area contributed by atoms with E-state index in [1.807, 2.05) is 7.05 Å². The SMILES string of the molecule is Cc1cc(C(N)=O)ncc1Oc1cc(NC(=O)[C@H]2C[C@H]2F)c2ncn(C)c2c1. The fourth-order valence-corrected chi connectivity index (χ4v) is 2.93. The van der Waals surface area contributed by atoms with Crippen molar-refractivity contribution in [3.63, 3.8) is 0 Å². The Balaban J connectivity index is 1.68. The van der Waals surface area contributed by atoms with Gasteiger partial charge in [0.25, 0.3) is 5.91 Å². The summed E-state index contributed by atoms with van der Waals surface area (Å²) in [5, 5.41) is 2.74. The molecule has 0 unspecified atom stereocenters. The number of nitrogens with zero attached hydrogens (tertiary/aromatic N) is 3. The van der Waals surface area contributed by atoms with E-state index in [1.54, 1.807) is 30.0 Å². The summed E-state index contributed by atoms with van der Waals surface area (Å²) in [6, 6.07) is 4.94. The van der Waals surface area contributed by atoms with Gasteiger partial charge in [-0.2, -0.15) is 0 Å². The minimum Gasteiger partial charge on any atom is -0.455 e. The summed E-state index contributed by atoms with van der Waals surface area (Å²) >= 11 is 0. The Labute approximate surface area is 159 Å². The lowest BCUT2D eigenvalue weighted by atomic mass is 10.2. The number of nitrogens with one attached hydrogen (secondary N) is 1. The molecule has 144 valence electrons. The minimum atomic E-state index is -1.09. The molecule has 2 aromatic heterocycles. The summed E-state index contributed by atoms with van der Waals surface area (Å²) in [6.45, 7) is 1.77. The van der Waals surface area contributed by atoms with Gasteiger partial charge in [-0.05, 0) is 25.0 Å². The van der Waals surface area contributed by atoms with Gasteiger partial charge in [-0.15, -0.1) is 0 Å². The molecule has 0 saturated heterocycles. The molecular weight excluding hydrogens is 365 g/mol. The first-order valence-electron chi connectivity index (χ1n) is 8.68. The van der Waals surface area contributed by atoms with Gasteiger partial charge >= 0.3 is 0 Å². The Morgan fingerprint density at radius 1 is 1.32 bits per heavy atom. The molecule has 2 heterocycles. The number of halogens is 1. The van der Waals surface area contributed by atoms with Gasteiger partial charge in [0.2, 0.25) is 5.91 Å². The van der Waals surface area contributed by atoms with Gasteiger partial charge in [-0.1, -0.05) is 0 Å². The highest BCUT2D eigenvalue weighted by Crippen LogP contribution is 2.37. The van der Waals surface area contributed by atoms with Crippen molar-refractivity contribution >= 4 is 28.5 Å². The van der Waals surface area contributed by atoms with Gasteiger partial charge < -0.3 is 20.4 Å². The lowest BCUT2D eigenvalue weighted by molar-refractivity contribution is -0.117. The number of hydrogen-bond acceptors (Lipinski definition) is 5. The number of nitrogens with two attached hydrogens (primary N) is 1. The van der Waals surface area contributed by atoms with Crippen LogP contribution in [0, 0.1) is 12.8 Å². The molecule has 1 aliphatic rings. The second kappa shape index (κ2) is 6.59. The second-order valence-corrected chi connectivity index (χ2v) is 6.84. The van der Waals surface area contributed by atoms with Crippen LogP contribution in [-0.4, -0.2) is 32.5 Å². The number of anilines is 1. The number of amides is 2. The fourth-order valence-electron chi connectivity index (χ4n) is 2.93. The molecule has 1 fully saturated rings. The van der Waals surface area contributed by atoms with E-state index in [4.69, 9.17) is 10.5 Å². The maximum Gasteiger partial charge on any atom is 0.267 e. The standard InChI is InChI=1S/C19H18FN5O3/c1-9-3-14(18(21)26)22-7-16(9)28-10-4-13(24-19(27)11-6-12(11)20)17-15(5-10)25(2)8-23-17/h3-5,7-8,11-12H,6H2,1-2H3,(H2,21,26)(H,24,27)/t11-,12+/m0/s1. The molecule has 1 saturated carbocycles. The summed E-state index contributed by atoms with van der Waals surface area (Å²) in [5.74, 6) is -0.732. The highest BCUT2D eigenvalue weighted by Gasteiger charge is 2.43. The van der Waals surface area contributed by atoms with Crippen molar-refractivity contribution in [2.75, 3.05) is 5.32 Å². The van der Waals surface area contributed by atoms with Crippen LogP contribution < -0.4 is 15.8 Å². The lowest BCUT2D eigenvalue weighted by Gasteiger charge is -2.12. The Bertz CT molecular complexity index is 1110. The van der Waals surface area contributed by atoms with Crippen molar-refractivity contribution < 1.29 is 18.7 Å². The number of ether oxygens (including phenoxy) is 1. The van der Waals surface area contributed by atoms with Gasteiger partial charge in [-0.3, -0.25) is 9.59 Å². The number of imidazole rings is 1. The number of primary amides is 1. The number of benzene rings is 1. The summed E-state index contributed by atoms with van der Waals surface area (Å²) in [6.07, 6.45) is 2.19. The molecule has 0 aliphatic heterocycles. The average molecular weight is 383 g/mol. The van der Waals surface area contributed by atoms with Crippen molar-refractivity contribution in [1.29, 1.82) is 0 Å². The second-order valence-electron chi connectivity index (χ2n) is 6.84. The van der Waals surface area contributed by atoms with Gasteiger partial charge in [0.1, 0.15) is 28.9 Å². The number of pyridine rings is 1. The number of rotatable bonds is 5. The summed E-state index contributed by atoms with van der Waals surface area (Å²) in [5.41, 5.74) is 7.82. The van der Waals surface area contributed by atoms with Gasteiger partial charge in [0.15, 0.2) is 0 Å². The summed E-state index contributed by atoms with van der Waals surface area (Å²) in [7, 11) is 1.82. The third-order valence-corrected chi connectivity index (χ3v) is 4.65. The predicted octanol–water partition coefficient (Wildman–Crippen LogP) is 2.46. The van der Waals surface area contributed by atoms with Crippen LogP contribution in [0.2, 0.25) is 0 Å². The molecule has 9 heteroatoms. The molecule has 1 aromatic carbocycles.